The highest BCUT2D eigenvalue weighted by Crippen LogP contribution is 2.19. The number of rotatable bonds is 11. The summed E-state index contributed by atoms with van der Waals surface area (Å²) in [5.74, 6) is 1.95. The summed E-state index contributed by atoms with van der Waals surface area (Å²) < 4.78 is 9.18. The summed E-state index contributed by atoms with van der Waals surface area (Å²) in [6.45, 7) is 6.43. The number of amides is 1. The zero-order valence-electron chi connectivity index (χ0n) is 20.4. The second kappa shape index (κ2) is 12.0. The molecule has 182 valence electrons. The van der Waals surface area contributed by atoms with Crippen LogP contribution in [-0.4, -0.2) is 28.6 Å². The number of halogens is 1. The summed E-state index contributed by atoms with van der Waals surface area (Å²) >= 11 is 3.42. The van der Waals surface area contributed by atoms with Gasteiger partial charge < -0.3 is 14.6 Å². The van der Waals surface area contributed by atoms with Gasteiger partial charge in [0.1, 0.15) is 11.6 Å². The molecule has 0 radical (unpaired) electrons. The molecule has 35 heavy (non-hydrogen) atoms. The molecule has 0 fully saturated rings. The molecule has 3 aromatic carbocycles. The molecule has 0 aliphatic heterocycles. The van der Waals surface area contributed by atoms with Gasteiger partial charge in [-0.1, -0.05) is 40.2 Å². The number of carbonyl (C=O) groups excluding carboxylic acids is 1. The Kier molecular flexibility index (Phi) is 8.59. The Balaban J connectivity index is 1.29. The molecule has 0 bridgehead atoms. The fourth-order valence-electron chi connectivity index (χ4n) is 4.11. The Morgan fingerprint density at radius 3 is 2.66 bits per heavy atom. The fourth-order valence-corrected chi connectivity index (χ4v) is 4.51. The van der Waals surface area contributed by atoms with Crippen LogP contribution in [-0.2, 0) is 13.0 Å². The van der Waals surface area contributed by atoms with Crippen molar-refractivity contribution in [2.75, 3.05) is 13.2 Å². The number of unbranched alkanes of at least 4 members (excludes halogenated alkanes) is 1. The number of benzene rings is 3. The second-order valence-electron chi connectivity index (χ2n) is 8.84. The highest BCUT2D eigenvalue weighted by atomic mass is 79.9. The van der Waals surface area contributed by atoms with Crippen LogP contribution in [0.15, 0.2) is 71.2 Å². The second-order valence-corrected chi connectivity index (χ2v) is 9.76. The van der Waals surface area contributed by atoms with Gasteiger partial charge >= 0.3 is 0 Å². The van der Waals surface area contributed by atoms with Crippen molar-refractivity contribution < 1.29 is 9.53 Å². The van der Waals surface area contributed by atoms with Crippen molar-refractivity contribution in [2.45, 2.75) is 46.1 Å². The summed E-state index contributed by atoms with van der Waals surface area (Å²) in [5, 5.41) is 3.02. The number of hydrogen-bond donors (Lipinski definition) is 1. The van der Waals surface area contributed by atoms with E-state index in [9.17, 15) is 4.79 Å². The molecule has 0 aliphatic carbocycles. The molecular formula is C29H32BrN3O2. The Morgan fingerprint density at radius 2 is 1.83 bits per heavy atom. The number of imidazole rings is 1. The normalized spacial score (nSPS) is 11.1. The van der Waals surface area contributed by atoms with Crippen molar-refractivity contribution in [3.8, 4) is 5.75 Å². The Morgan fingerprint density at radius 1 is 0.971 bits per heavy atom. The van der Waals surface area contributed by atoms with Crippen molar-refractivity contribution in [3.63, 3.8) is 0 Å². The molecule has 0 saturated heterocycles. The monoisotopic (exact) mass is 533 g/mol. The molecule has 1 aromatic heterocycles. The molecule has 0 aliphatic rings. The van der Waals surface area contributed by atoms with Gasteiger partial charge in [0.15, 0.2) is 0 Å². The maximum absolute atomic E-state index is 12.4. The highest BCUT2D eigenvalue weighted by molar-refractivity contribution is 9.10. The van der Waals surface area contributed by atoms with Gasteiger partial charge in [0.05, 0.1) is 17.6 Å². The van der Waals surface area contributed by atoms with Gasteiger partial charge in [0, 0.05) is 29.5 Å². The van der Waals surface area contributed by atoms with Crippen LogP contribution in [0.1, 0.15) is 46.6 Å². The average molecular weight is 534 g/mol. The number of aryl methyl sites for hydroxylation is 4. The van der Waals surface area contributed by atoms with E-state index in [0.717, 1.165) is 59.3 Å². The summed E-state index contributed by atoms with van der Waals surface area (Å²) in [6.07, 6.45) is 3.63. The van der Waals surface area contributed by atoms with Gasteiger partial charge in [0.25, 0.3) is 5.91 Å². The van der Waals surface area contributed by atoms with Crippen LogP contribution in [0.4, 0.5) is 0 Å². The van der Waals surface area contributed by atoms with Gasteiger partial charge in [-0.2, -0.15) is 0 Å². The lowest BCUT2D eigenvalue weighted by Gasteiger charge is -2.11. The number of para-hydroxylation sites is 2. The van der Waals surface area contributed by atoms with E-state index in [1.165, 1.54) is 11.1 Å². The SMILES string of the molecule is Cc1ccc(OCCCCn2c(CCCNC(=O)c3cccc(Br)c3)nc3ccccc32)cc1C. The number of nitrogens with zero attached hydrogens (tertiary/aromatic N) is 2. The predicted octanol–water partition coefficient (Wildman–Crippen LogP) is 6.64. The van der Waals surface area contributed by atoms with Crippen molar-refractivity contribution in [1.82, 2.24) is 14.9 Å². The van der Waals surface area contributed by atoms with E-state index in [0.29, 0.717) is 18.7 Å². The maximum Gasteiger partial charge on any atom is 0.251 e. The van der Waals surface area contributed by atoms with Gasteiger partial charge in [-0.15, -0.1) is 0 Å². The third kappa shape index (κ3) is 6.73. The summed E-state index contributed by atoms with van der Waals surface area (Å²) in [7, 11) is 0. The van der Waals surface area contributed by atoms with Gasteiger partial charge in [-0.3, -0.25) is 4.79 Å². The molecule has 0 unspecified atom stereocenters. The first-order valence-corrected chi connectivity index (χ1v) is 13.0. The molecule has 6 heteroatoms. The molecule has 5 nitrogen and oxygen atoms in total. The zero-order chi connectivity index (χ0) is 24.6. The highest BCUT2D eigenvalue weighted by Gasteiger charge is 2.11. The number of ether oxygens (including phenoxy) is 1. The molecule has 0 spiro atoms. The van der Waals surface area contributed by atoms with Crippen LogP contribution in [0.3, 0.4) is 0 Å². The number of carbonyl (C=O) groups is 1. The largest absolute Gasteiger partial charge is 0.494 e. The Labute approximate surface area is 215 Å². The van der Waals surface area contributed by atoms with Gasteiger partial charge in [0.2, 0.25) is 0 Å². The first kappa shape index (κ1) is 25.0. The van der Waals surface area contributed by atoms with Crippen LogP contribution < -0.4 is 10.1 Å². The first-order chi connectivity index (χ1) is 17.0. The van der Waals surface area contributed by atoms with Gasteiger partial charge in [-0.25, -0.2) is 4.98 Å². The summed E-state index contributed by atoms with van der Waals surface area (Å²) in [5.41, 5.74) is 5.38. The van der Waals surface area contributed by atoms with Crippen LogP contribution in [0.5, 0.6) is 5.75 Å². The zero-order valence-corrected chi connectivity index (χ0v) is 22.0. The quantitative estimate of drug-likeness (QED) is 0.220. The lowest BCUT2D eigenvalue weighted by Crippen LogP contribution is -2.25. The minimum Gasteiger partial charge on any atom is -0.494 e. The van der Waals surface area contributed by atoms with Crippen LogP contribution in [0, 0.1) is 13.8 Å². The van der Waals surface area contributed by atoms with E-state index in [2.05, 4.69) is 70.0 Å². The molecule has 0 atom stereocenters. The van der Waals surface area contributed by atoms with E-state index in [1.54, 1.807) is 0 Å². The third-order valence-electron chi connectivity index (χ3n) is 6.21. The molecule has 0 saturated carbocycles. The van der Waals surface area contributed by atoms with Crippen LogP contribution in [0.25, 0.3) is 11.0 Å². The number of nitrogens with one attached hydrogen (secondary N) is 1. The minimum absolute atomic E-state index is 0.0522. The van der Waals surface area contributed by atoms with Gasteiger partial charge in [-0.05, 0) is 86.7 Å². The summed E-state index contributed by atoms with van der Waals surface area (Å²) in [6, 6.07) is 22.0. The van der Waals surface area contributed by atoms with Crippen molar-refractivity contribution in [1.29, 1.82) is 0 Å². The minimum atomic E-state index is -0.0522. The standard InChI is InChI=1S/C29H32BrN3O2/c1-21-14-15-25(19-22(21)2)35-18-6-5-17-33-27-12-4-3-11-26(27)32-28(33)13-8-16-31-29(34)23-9-7-10-24(30)20-23/h3-4,7,9-12,14-15,19-20H,5-6,8,13,16-18H2,1-2H3,(H,31,34). The maximum atomic E-state index is 12.4. The summed E-state index contributed by atoms with van der Waals surface area (Å²) in [4.78, 5) is 17.3. The van der Waals surface area contributed by atoms with E-state index >= 15 is 0 Å². The lowest BCUT2D eigenvalue weighted by atomic mass is 10.1. The Hall–Kier alpha value is -3.12. The first-order valence-electron chi connectivity index (χ1n) is 12.2. The van der Waals surface area contributed by atoms with E-state index in [1.807, 2.05) is 36.4 Å². The van der Waals surface area contributed by atoms with Crippen LogP contribution in [0.2, 0.25) is 0 Å². The Bertz CT molecular complexity index is 1300. The molecule has 1 N–H and O–H groups in total. The smallest absolute Gasteiger partial charge is 0.251 e. The molecule has 1 amide bonds. The molecule has 4 aromatic rings. The molecular weight excluding hydrogens is 502 g/mol. The van der Waals surface area contributed by atoms with Crippen molar-refractivity contribution in [2.24, 2.45) is 0 Å². The number of hydrogen-bond acceptors (Lipinski definition) is 3. The topological polar surface area (TPSA) is 56.1 Å². The van der Waals surface area contributed by atoms with E-state index < -0.39 is 0 Å². The number of fused-ring (bicyclic) bond motifs is 1. The molecule has 4 rings (SSSR count). The lowest BCUT2D eigenvalue weighted by molar-refractivity contribution is 0.0953. The van der Waals surface area contributed by atoms with E-state index in [-0.39, 0.29) is 5.91 Å². The van der Waals surface area contributed by atoms with Crippen LogP contribution >= 0.6 is 15.9 Å². The predicted molar refractivity (Wildman–Crippen MR) is 145 cm³/mol. The van der Waals surface area contributed by atoms with E-state index in [4.69, 9.17) is 9.72 Å². The van der Waals surface area contributed by atoms with Crippen molar-refractivity contribution >= 4 is 32.9 Å². The average Bonchev–Trinajstić information content (AvgIpc) is 3.21. The number of aromatic nitrogens is 2. The fraction of sp³-hybridized carbons (Fsp3) is 0.310. The third-order valence-corrected chi connectivity index (χ3v) is 6.70. The molecule has 1 heterocycles. The van der Waals surface area contributed by atoms with Crippen molar-refractivity contribution in [3.05, 3.63) is 93.7 Å².